The first-order valence-corrected chi connectivity index (χ1v) is 12.6. The van der Waals surface area contributed by atoms with E-state index in [0.717, 1.165) is 11.1 Å². The lowest BCUT2D eigenvalue weighted by Gasteiger charge is -2.33. The smallest absolute Gasteiger partial charge is 0.274 e. The summed E-state index contributed by atoms with van der Waals surface area (Å²) in [5, 5.41) is 0.564. The lowest BCUT2D eigenvalue weighted by molar-refractivity contribution is -0.123. The highest BCUT2D eigenvalue weighted by molar-refractivity contribution is 7.94. The van der Waals surface area contributed by atoms with Crippen LogP contribution in [0.5, 0.6) is 0 Å². The van der Waals surface area contributed by atoms with Gasteiger partial charge in [-0.05, 0) is 47.9 Å². The van der Waals surface area contributed by atoms with Gasteiger partial charge in [-0.25, -0.2) is 8.42 Å². The number of rotatable bonds is 4. The van der Waals surface area contributed by atoms with Gasteiger partial charge in [0.2, 0.25) is 5.91 Å². The molecule has 0 saturated carbocycles. The lowest BCUT2D eigenvalue weighted by Crippen LogP contribution is -2.54. The highest BCUT2D eigenvalue weighted by atomic mass is 35.5. The number of nitrogens with zero attached hydrogens (tertiary/aromatic N) is 2. The number of carbonyl (C=O) groups is 2. The summed E-state index contributed by atoms with van der Waals surface area (Å²) in [5.41, 5.74) is 2.92. The van der Waals surface area contributed by atoms with Crippen molar-refractivity contribution in [2.45, 2.75) is 24.8 Å². The zero-order chi connectivity index (χ0) is 23.4. The predicted molar refractivity (Wildman–Crippen MR) is 128 cm³/mol. The molecule has 3 aromatic carbocycles. The summed E-state index contributed by atoms with van der Waals surface area (Å²) in [4.78, 5) is 27.8. The van der Waals surface area contributed by atoms with E-state index in [1.54, 1.807) is 66.7 Å². The predicted octanol–water partition coefficient (Wildman–Crippen LogP) is 4.06. The maximum absolute atomic E-state index is 14.1. The van der Waals surface area contributed by atoms with Crippen molar-refractivity contribution in [1.29, 1.82) is 0 Å². The van der Waals surface area contributed by atoms with E-state index in [1.165, 1.54) is 9.80 Å². The van der Waals surface area contributed by atoms with Crippen LogP contribution in [0.1, 0.15) is 23.6 Å². The molecule has 8 heteroatoms. The second-order valence-corrected chi connectivity index (χ2v) is 10.7. The Balaban J connectivity index is 1.72. The number of carbonyl (C=O) groups excluding carboxylic acids is 2. The standard InChI is InChI=1S/C25H21ClN2O4S/c1-2-17-6-5-7-20(14-17)28-23(29)16-33(31,32)25(28)21-8-3-4-9-22(21)27(24(25)30)15-18-10-12-19(26)13-11-18/h3-14H,2,15-16H2,1H3. The average molecular weight is 481 g/mol. The van der Waals surface area contributed by atoms with Crippen LogP contribution in [0.2, 0.25) is 5.02 Å². The van der Waals surface area contributed by atoms with E-state index in [9.17, 15) is 18.0 Å². The molecule has 168 valence electrons. The molecule has 2 amide bonds. The van der Waals surface area contributed by atoms with Gasteiger partial charge in [-0.2, -0.15) is 0 Å². The van der Waals surface area contributed by atoms with Crippen molar-refractivity contribution in [2.24, 2.45) is 0 Å². The van der Waals surface area contributed by atoms with Gasteiger partial charge in [-0.15, -0.1) is 0 Å². The lowest BCUT2D eigenvalue weighted by atomic mass is 10.0. The van der Waals surface area contributed by atoms with Crippen LogP contribution in [-0.2, 0) is 37.3 Å². The Morgan fingerprint density at radius 3 is 2.39 bits per heavy atom. The number of para-hydroxylation sites is 1. The fraction of sp³-hybridized carbons (Fsp3) is 0.200. The van der Waals surface area contributed by atoms with E-state index < -0.39 is 32.3 Å². The Labute approximate surface area is 197 Å². The summed E-state index contributed by atoms with van der Waals surface area (Å²) in [6.07, 6.45) is 0.711. The summed E-state index contributed by atoms with van der Waals surface area (Å²) in [7, 11) is -4.18. The molecule has 0 aliphatic carbocycles. The second kappa shape index (κ2) is 7.71. The summed E-state index contributed by atoms with van der Waals surface area (Å²) < 4.78 is 27.2. The van der Waals surface area contributed by atoms with Gasteiger partial charge in [0, 0.05) is 16.3 Å². The monoisotopic (exact) mass is 480 g/mol. The van der Waals surface area contributed by atoms with Crippen molar-refractivity contribution in [3.8, 4) is 0 Å². The molecule has 0 N–H and O–H groups in total. The zero-order valence-corrected chi connectivity index (χ0v) is 19.4. The molecule has 33 heavy (non-hydrogen) atoms. The first-order valence-electron chi connectivity index (χ1n) is 10.6. The van der Waals surface area contributed by atoms with Crippen molar-refractivity contribution in [3.05, 3.63) is 94.5 Å². The van der Waals surface area contributed by atoms with Crippen LogP contribution in [0.15, 0.2) is 72.8 Å². The molecule has 1 fully saturated rings. The molecule has 2 aliphatic heterocycles. The molecule has 0 radical (unpaired) electrons. The van der Waals surface area contributed by atoms with Crippen LogP contribution in [0.25, 0.3) is 0 Å². The van der Waals surface area contributed by atoms with E-state index in [-0.39, 0.29) is 6.54 Å². The van der Waals surface area contributed by atoms with Crippen molar-refractivity contribution < 1.29 is 18.0 Å². The van der Waals surface area contributed by atoms with E-state index in [1.807, 2.05) is 13.0 Å². The number of hydrogen-bond acceptors (Lipinski definition) is 4. The molecule has 0 bridgehead atoms. The number of halogens is 1. The fourth-order valence-electron chi connectivity index (χ4n) is 4.74. The van der Waals surface area contributed by atoms with E-state index in [2.05, 4.69) is 0 Å². The van der Waals surface area contributed by atoms with Crippen molar-refractivity contribution in [3.63, 3.8) is 0 Å². The molecule has 1 atom stereocenters. The molecule has 3 aromatic rings. The van der Waals surface area contributed by atoms with Crippen LogP contribution in [0.3, 0.4) is 0 Å². The fourth-order valence-corrected chi connectivity index (χ4v) is 6.90. The zero-order valence-electron chi connectivity index (χ0n) is 17.9. The van der Waals surface area contributed by atoms with E-state index >= 15 is 0 Å². The number of amides is 2. The van der Waals surface area contributed by atoms with Gasteiger partial charge in [-0.3, -0.25) is 14.5 Å². The third kappa shape index (κ3) is 3.10. The van der Waals surface area contributed by atoms with Crippen LogP contribution in [-0.4, -0.2) is 26.0 Å². The SMILES string of the molecule is CCc1cccc(N2C(=O)CS(=O)(=O)C23C(=O)N(Cc2ccc(Cl)cc2)c2ccccc23)c1. The van der Waals surface area contributed by atoms with Gasteiger partial charge in [0.25, 0.3) is 10.8 Å². The van der Waals surface area contributed by atoms with Crippen LogP contribution in [0, 0.1) is 0 Å². The third-order valence-electron chi connectivity index (χ3n) is 6.25. The molecule has 2 aliphatic rings. The molecular weight excluding hydrogens is 460 g/mol. The van der Waals surface area contributed by atoms with E-state index in [4.69, 9.17) is 11.6 Å². The molecule has 0 aromatic heterocycles. The maximum Gasteiger partial charge on any atom is 0.274 e. The number of hydrogen-bond donors (Lipinski definition) is 0. The van der Waals surface area contributed by atoms with Crippen LogP contribution in [0.4, 0.5) is 11.4 Å². The average Bonchev–Trinajstić information content (AvgIpc) is 3.18. The molecule has 2 heterocycles. The summed E-state index contributed by atoms with van der Waals surface area (Å²) in [6, 6.07) is 21.0. The minimum atomic E-state index is -4.18. The van der Waals surface area contributed by atoms with Crippen molar-refractivity contribution >= 4 is 44.6 Å². The Bertz CT molecular complexity index is 1390. The van der Waals surface area contributed by atoms with Gasteiger partial charge in [-0.1, -0.05) is 61.0 Å². The summed E-state index contributed by atoms with van der Waals surface area (Å²) in [5.74, 6) is -1.98. The normalized spacial score (nSPS) is 21.2. The molecule has 1 spiro atoms. The minimum absolute atomic E-state index is 0.154. The first-order chi connectivity index (χ1) is 15.8. The highest BCUT2D eigenvalue weighted by Gasteiger charge is 2.69. The van der Waals surface area contributed by atoms with Gasteiger partial charge in [0.05, 0.1) is 12.2 Å². The number of benzene rings is 3. The Morgan fingerprint density at radius 2 is 1.67 bits per heavy atom. The van der Waals surface area contributed by atoms with Gasteiger partial charge in [0.15, 0.2) is 9.84 Å². The van der Waals surface area contributed by atoms with Crippen molar-refractivity contribution in [1.82, 2.24) is 0 Å². The summed E-state index contributed by atoms with van der Waals surface area (Å²) in [6.45, 7) is 2.13. The van der Waals surface area contributed by atoms with E-state index in [0.29, 0.717) is 28.4 Å². The molecule has 1 unspecified atom stereocenters. The molecule has 6 nitrogen and oxygen atoms in total. The first kappa shape index (κ1) is 21.7. The topological polar surface area (TPSA) is 74.8 Å². The van der Waals surface area contributed by atoms with Gasteiger partial charge < -0.3 is 4.90 Å². The van der Waals surface area contributed by atoms with Crippen LogP contribution >= 0.6 is 11.6 Å². The van der Waals surface area contributed by atoms with Crippen LogP contribution < -0.4 is 9.80 Å². The van der Waals surface area contributed by atoms with Gasteiger partial charge in [0.1, 0.15) is 5.75 Å². The largest absolute Gasteiger partial charge is 0.304 e. The number of sulfone groups is 1. The number of anilines is 2. The maximum atomic E-state index is 14.1. The Kier molecular flexibility index (Phi) is 5.06. The minimum Gasteiger partial charge on any atom is -0.304 e. The Hall–Kier alpha value is -3.16. The van der Waals surface area contributed by atoms with Gasteiger partial charge >= 0.3 is 0 Å². The molecular formula is C25H21ClN2O4S. The summed E-state index contributed by atoms with van der Waals surface area (Å²) >= 11 is 6.00. The number of aryl methyl sites for hydroxylation is 1. The molecule has 1 saturated heterocycles. The number of fused-ring (bicyclic) bond motifs is 2. The Morgan fingerprint density at radius 1 is 0.939 bits per heavy atom. The molecule has 5 rings (SSSR count). The van der Waals surface area contributed by atoms with Crippen molar-refractivity contribution in [2.75, 3.05) is 15.6 Å². The second-order valence-electron chi connectivity index (χ2n) is 8.19. The quantitative estimate of drug-likeness (QED) is 0.564. The highest BCUT2D eigenvalue weighted by Crippen LogP contribution is 2.52. The third-order valence-corrected chi connectivity index (χ3v) is 8.61.